The number of aromatic nitrogens is 3. The highest BCUT2D eigenvalue weighted by Gasteiger charge is 2.06. The molecular weight excluding hydrogens is 387 g/mol. The maximum Gasteiger partial charge on any atom is 0.214 e. The summed E-state index contributed by atoms with van der Waals surface area (Å²) >= 11 is 11.3. The van der Waals surface area contributed by atoms with Crippen molar-refractivity contribution in [1.29, 1.82) is 0 Å². The molecule has 0 saturated carbocycles. The summed E-state index contributed by atoms with van der Waals surface area (Å²) in [4.78, 5) is 0. The highest BCUT2D eigenvalue weighted by molar-refractivity contribution is 7.71. The highest BCUT2D eigenvalue weighted by atomic mass is 35.5. The first-order valence-electron chi connectivity index (χ1n) is 8.62. The predicted octanol–water partition coefficient (Wildman–Crippen LogP) is 5.01. The van der Waals surface area contributed by atoms with Gasteiger partial charge in [0.15, 0.2) is 5.82 Å². The van der Waals surface area contributed by atoms with Gasteiger partial charge in [0.1, 0.15) is 18.2 Å². The lowest BCUT2D eigenvalue weighted by Gasteiger charge is -2.11. The molecule has 3 aromatic rings. The Bertz CT molecular complexity index is 955. The van der Waals surface area contributed by atoms with Crippen LogP contribution in [0, 0.1) is 10.6 Å². The number of aryl methyl sites for hydroxylation is 1. The first kappa shape index (κ1) is 19.4. The second-order valence-electron chi connectivity index (χ2n) is 6.03. The van der Waals surface area contributed by atoms with E-state index in [1.54, 1.807) is 10.7 Å². The van der Waals surface area contributed by atoms with Crippen molar-refractivity contribution in [2.75, 3.05) is 5.43 Å². The second-order valence-corrected chi connectivity index (χ2v) is 6.83. The number of rotatable bonds is 8. The van der Waals surface area contributed by atoms with E-state index in [4.69, 9.17) is 28.6 Å². The smallest absolute Gasteiger partial charge is 0.214 e. The van der Waals surface area contributed by atoms with Gasteiger partial charge in [0.25, 0.3) is 0 Å². The number of benzene rings is 2. The summed E-state index contributed by atoms with van der Waals surface area (Å²) in [6, 6.07) is 12.0. The van der Waals surface area contributed by atoms with Crippen molar-refractivity contribution in [3.8, 4) is 5.75 Å². The number of nitrogens with zero attached hydrogens (tertiary/aromatic N) is 2. The zero-order valence-electron chi connectivity index (χ0n) is 14.8. The van der Waals surface area contributed by atoms with Crippen molar-refractivity contribution in [3.63, 3.8) is 0 Å². The Balaban J connectivity index is 1.57. The third kappa shape index (κ3) is 5.08. The normalized spacial score (nSPS) is 10.8. The minimum atomic E-state index is -0.361. The molecule has 0 spiro atoms. The Labute approximate surface area is 167 Å². The molecule has 3 rings (SSSR count). The van der Waals surface area contributed by atoms with E-state index in [9.17, 15) is 4.39 Å². The topological polar surface area (TPSA) is 54.9 Å². The number of ether oxygens (including phenoxy) is 1. The Kier molecular flexibility index (Phi) is 6.47. The number of nitrogens with one attached hydrogen (secondary N) is 2. The molecule has 1 aromatic heterocycles. The Morgan fingerprint density at radius 1 is 1.26 bits per heavy atom. The third-order valence-electron chi connectivity index (χ3n) is 3.99. The van der Waals surface area contributed by atoms with Crippen LogP contribution < -0.4 is 10.2 Å². The van der Waals surface area contributed by atoms with Crippen LogP contribution in [0.4, 0.5) is 4.39 Å². The van der Waals surface area contributed by atoms with Crippen LogP contribution >= 0.6 is 23.8 Å². The highest BCUT2D eigenvalue weighted by Crippen LogP contribution is 2.20. The zero-order valence-corrected chi connectivity index (χ0v) is 16.4. The molecule has 27 heavy (non-hydrogen) atoms. The van der Waals surface area contributed by atoms with E-state index in [-0.39, 0.29) is 12.4 Å². The van der Waals surface area contributed by atoms with Gasteiger partial charge >= 0.3 is 0 Å². The van der Waals surface area contributed by atoms with E-state index < -0.39 is 0 Å². The first-order valence-corrected chi connectivity index (χ1v) is 9.41. The summed E-state index contributed by atoms with van der Waals surface area (Å²) in [6.45, 7) is 2.98. The molecule has 0 fully saturated rings. The van der Waals surface area contributed by atoms with Gasteiger partial charge in [0, 0.05) is 12.0 Å². The Hall–Kier alpha value is -2.38. The minimum absolute atomic E-state index is 0.279. The van der Waals surface area contributed by atoms with E-state index in [2.05, 4.69) is 22.5 Å². The van der Waals surface area contributed by atoms with Gasteiger partial charge in [-0.1, -0.05) is 36.7 Å². The molecule has 2 aromatic carbocycles. The van der Waals surface area contributed by atoms with Crippen molar-refractivity contribution in [3.05, 3.63) is 75.0 Å². The molecule has 8 heteroatoms. The quantitative estimate of drug-likeness (QED) is 0.516. The molecule has 0 radical (unpaired) electrons. The lowest BCUT2D eigenvalue weighted by molar-refractivity contribution is 0.306. The van der Waals surface area contributed by atoms with Crippen LogP contribution in [-0.2, 0) is 19.6 Å². The van der Waals surface area contributed by atoms with Gasteiger partial charge < -0.3 is 10.2 Å². The predicted molar refractivity (Wildman–Crippen MR) is 107 cm³/mol. The summed E-state index contributed by atoms with van der Waals surface area (Å²) in [7, 11) is 0. The zero-order chi connectivity index (χ0) is 19.2. The lowest BCUT2D eigenvalue weighted by atomic mass is 10.2. The SMILES string of the molecule is CCCc1n[nH]c(=S)n1NCc1ccc(OCc2ccc(F)cc2Cl)cc1. The number of halogens is 2. The molecule has 142 valence electrons. The fraction of sp³-hybridized carbons (Fsp3) is 0.263. The van der Waals surface area contributed by atoms with Gasteiger partial charge in [-0.25, -0.2) is 9.07 Å². The lowest BCUT2D eigenvalue weighted by Crippen LogP contribution is -2.17. The van der Waals surface area contributed by atoms with Crippen molar-refractivity contribution >= 4 is 23.8 Å². The van der Waals surface area contributed by atoms with Crippen LogP contribution in [0.3, 0.4) is 0 Å². The number of hydrogen-bond acceptors (Lipinski definition) is 4. The fourth-order valence-electron chi connectivity index (χ4n) is 2.56. The Morgan fingerprint density at radius 2 is 2.04 bits per heavy atom. The van der Waals surface area contributed by atoms with Crippen LogP contribution in [-0.4, -0.2) is 14.9 Å². The van der Waals surface area contributed by atoms with Gasteiger partial charge in [0.05, 0.1) is 11.6 Å². The number of H-pyrrole nitrogens is 1. The van der Waals surface area contributed by atoms with Crippen LogP contribution in [0.5, 0.6) is 5.75 Å². The number of aromatic amines is 1. The van der Waals surface area contributed by atoms with Gasteiger partial charge in [0.2, 0.25) is 4.77 Å². The summed E-state index contributed by atoms with van der Waals surface area (Å²) in [6.07, 6.45) is 1.84. The summed E-state index contributed by atoms with van der Waals surface area (Å²) in [5, 5.41) is 7.39. The van der Waals surface area contributed by atoms with E-state index in [1.165, 1.54) is 12.1 Å². The second kappa shape index (κ2) is 9.01. The third-order valence-corrected chi connectivity index (χ3v) is 4.62. The molecule has 2 N–H and O–H groups in total. The van der Waals surface area contributed by atoms with Crippen molar-refractivity contribution in [1.82, 2.24) is 14.9 Å². The summed E-state index contributed by atoms with van der Waals surface area (Å²) in [5.41, 5.74) is 5.09. The van der Waals surface area contributed by atoms with E-state index >= 15 is 0 Å². The van der Waals surface area contributed by atoms with Gasteiger partial charge in [-0.2, -0.15) is 5.10 Å². The maximum atomic E-state index is 13.1. The average Bonchev–Trinajstić information content (AvgIpc) is 3.00. The molecule has 0 bridgehead atoms. The molecule has 0 aliphatic carbocycles. The maximum absolute atomic E-state index is 13.1. The molecule has 0 saturated heterocycles. The minimum Gasteiger partial charge on any atom is -0.489 e. The molecule has 5 nitrogen and oxygen atoms in total. The fourth-order valence-corrected chi connectivity index (χ4v) is 2.99. The van der Waals surface area contributed by atoms with Crippen LogP contribution in [0.15, 0.2) is 42.5 Å². The molecule has 0 unspecified atom stereocenters. The number of hydrogen-bond donors (Lipinski definition) is 2. The van der Waals surface area contributed by atoms with Crippen LogP contribution in [0.1, 0.15) is 30.3 Å². The van der Waals surface area contributed by atoms with E-state index in [0.717, 1.165) is 29.8 Å². The summed E-state index contributed by atoms with van der Waals surface area (Å²) in [5.74, 6) is 1.24. The molecule has 0 amide bonds. The van der Waals surface area contributed by atoms with Gasteiger partial charge in [-0.15, -0.1) is 0 Å². The van der Waals surface area contributed by atoms with Gasteiger partial charge in [-0.05, 0) is 48.5 Å². The Morgan fingerprint density at radius 3 is 2.74 bits per heavy atom. The molecular formula is C19H20ClFN4OS. The van der Waals surface area contributed by atoms with Crippen LogP contribution in [0.2, 0.25) is 5.02 Å². The largest absolute Gasteiger partial charge is 0.489 e. The average molecular weight is 407 g/mol. The molecule has 1 heterocycles. The van der Waals surface area contributed by atoms with Gasteiger partial charge in [-0.3, -0.25) is 5.10 Å². The van der Waals surface area contributed by atoms with Crippen molar-refractivity contribution in [2.45, 2.75) is 32.9 Å². The molecule has 0 aliphatic heterocycles. The first-order chi connectivity index (χ1) is 13.1. The van der Waals surface area contributed by atoms with Crippen LogP contribution in [0.25, 0.3) is 0 Å². The van der Waals surface area contributed by atoms with E-state index in [0.29, 0.717) is 22.1 Å². The van der Waals surface area contributed by atoms with E-state index in [1.807, 2.05) is 24.3 Å². The van der Waals surface area contributed by atoms with Crippen molar-refractivity contribution < 1.29 is 9.13 Å². The molecule has 0 atom stereocenters. The monoisotopic (exact) mass is 406 g/mol. The summed E-state index contributed by atoms with van der Waals surface area (Å²) < 4.78 is 21.2. The molecule has 0 aliphatic rings. The van der Waals surface area contributed by atoms with Crippen molar-refractivity contribution in [2.24, 2.45) is 0 Å². The standard InChI is InChI=1S/C19H20ClFN4OS/c1-2-3-18-23-24-19(27)25(18)22-11-13-4-8-16(9-5-13)26-12-14-6-7-15(21)10-17(14)20/h4-10,22H,2-3,11-12H2,1H3,(H,24,27).